The minimum Gasteiger partial charge on any atom is -0.349 e. The van der Waals surface area contributed by atoms with Gasteiger partial charge in [-0.25, -0.2) is 4.98 Å². The predicted octanol–water partition coefficient (Wildman–Crippen LogP) is 3.75. The number of rotatable bonds is 5. The standard InChI is InChI=1S/C16H21N3OS/c1-5-11(2)17-15(20)14-12(3)18-16(21-14)19(4)13-9-7-6-8-10-13/h6-11H,5H2,1-4H3,(H,17,20)/t11-/m1/s1. The number of carbonyl (C=O) groups excluding carboxylic acids is 1. The van der Waals surface area contributed by atoms with Crippen LogP contribution in [-0.2, 0) is 0 Å². The Labute approximate surface area is 129 Å². The van der Waals surface area contributed by atoms with Crippen LogP contribution in [-0.4, -0.2) is 24.0 Å². The van der Waals surface area contributed by atoms with Crippen LogP contribution in [0.1, 0.15) is 35.6 Å². The van der Waals surface area contributed by atoms with E-state index in [1.165, 1.54) is 11.3 Å². The molecule has 21 heavy (non-hydrogen) atoms. The number of aryl methyl sites for hydroxylation is 1. The highest BCUT2D eigenvalue weighted by molar-refractivity contribution is 7.17. The van der Waals surface area contributed by atoms with Gasteiger partial charge in [-0.15, -0.1) is 0 Å². The van der Waals surface area contributed by atoms with Gasteiger partial charge in [-0.3, -0.25) is 4.79 Å². The summed E-state index contributed by atoms with van der Waals surface area (Å²) >= 11 is 1.43. The molecule has 1 aromatic heterocycles. The monoisotopic (exact) mass is 303 g/mol. The minimum atomic E-state index is -0.0351. The Balaban J connectivity index is 2.21. The Morgan fingerprint density at radius 3 is 2.67 bits per heavy atom. The van der Waals surface area contributed by atoms with Gasteiger partial charge in [-0.05, 0) is 32.4 Å². The van der Waals surface area contributed by atoms with Crippen LogP contribution in [0.2, 0.25) is 0 Å². The van der Waals surface area contributed by atoms with Crippen molar-refractivity contribution >= 4 is 28.1 Å². The van der Waals surface area contributed by atoms with E-state index in [1.807, 2.05) is 56.1 Å². The van der Waals surface area contributed by atoms with Crippen LogP contribution < -0.4 is 10.2 Å². The van der Waals surface area contributed by atoms with Crippen LogP contribution in [0.4, 0.5) is 10.8 Å². The fourth-order valence-corrected chi connectivity index (χ4v) is 2.84. The lowest BCUT2D eigenvalue weighted by molar-refractivity contribution is 0.0942. The van der Waals surface area contributed by atoms with Gasteiger partial charge in [-0.2, -0.15) is 0 Å². The zero-order valence-electron chi connectivity index (χ0n) is 12.9. The van der Waals surface area contributed by atoms with Gasteiger partial charge in [0.25, 0.3) is 5.91 Å². The van der Waals surface area contributed by atoms with E-state index < -0.39 is 0 Å². The first-order valence-corrected chi connectivity index (χ1v) is 7.91. The maximum absolute atomic E-state index is 12.2. The molecule has 2 rings (SSSR count). The zero-order valence-corrected chi connectivity index (χ0v) is 13.7. The largest absolute Gasteiger partial charge is 0.349 e. The molecule has 4 nitrogen and oxygen atoms in total. The highest BCUT2D eigenvalue weighted by Crippen LogP contribution is 2.30. The zero-order chi connectivity index (χ0) is 15.4. The molecule has 1 amide bonds. The molecule has 0 aliphatic heterocycles. The van der Waals surface area contributed by atoms with E-state index >= 15 is 0 Å². The number of aromatic nitrogens is 1. The first-order valence-electron chi connectivity index (χ1n) is 7.10. The maximum atomic E-state index is 12.2. The molecular formula is C16H21N3OS. The number of para-hydroxylation sites is 1. The number of amides is 1. The van der Waals surface area contributed by atoms with E-state index in [-0.39, 0.29) is 11.9 Å². The normalized spacial score (nSPS) is 12.0. The summed E-state index contributed by atoms with van der Waals surface area (Å²) in [6.45, 7) is 5.94. The van der Waals surface area contributed by atoms with Gasteiger partial charge in [0.05, 0.1) is 5.69 Å². The molecule has 112 valence electrons. The second kappa shape index (κ2) is 6.72. The van der Waals surface area contributed by atoms with Gasteiger partial charge in [0.1, 0.15) is 4.88 Å². The summed E-state index contributed by atoms with van der Waals surface area (Å²) in [6, 6.07) is 10.2. The molecule has 0 unspecified atom stereocenters. The lowest BCUT2D eigenvalue weighted by atomic mass is 10.2. The molecule has 1 atom stereocenters. The second-order valence-corrected chi connectivity index (χ2v) is 6.07. The van der Waals surface area contributed by atoms with Crippen LogP contribution in [0, 0.1) is 6.92 Å². The Hall–Kier alpha value is -1.88. The summed E-state index contributed by atoms with van der Waals surface area (Å²) in [7, 11) is 1.96. The molecule has 1 N–H and O–H groups in total. The fraction of sp³-hybridized carbons (Fsp3) is 0.375. The molecule has 0 radical (unpaired) electrons. The summed E-state index contributed by atoms with van der Waals surface area (Å²) in [5, 5.41) is 3.82. The summed E-state index contributed by atoms with van der Waals surface area (Å²) in [4.78, 5) is 19.5. The number of hydrogen-bond donors (Lipinski definition) is 1. The Morgan fingerprint density at radius 2 is 2.05 bits per heavy atom. The number of benzene rings is 1. The number of hydrogen-bond acceptors (Lipinski definition) is 4. The maximum Gasteiger partial charge on any atom is 0.263 e. The third-order valence-corrected chi connectivity index (χ3v) is 4.64. The number of anilines is 2. The molecule has 0 saturated heterocycles. The first kappa shape index (κ1) is 15.5. The van der Waals surface area contributed by atoms with E-state index in [0.29, 0.717) is 4.88 Å². The van der Waals surface area contributed by atoms with E-state index in [2.05, 4.69) is 17.2 Å². The van der Waals surface area contributed by atoms with Crippen LogP contribution in [0.3, 0.4) is 0 Å². The lowest BCUT2D eigenvalue weighted by Gasteiger charge is -2.15. The molecule has 2 aromatic rings. The van der Waals surface area contributed by atoms with Crippen molar-refractivity contribution in [3.63, 3.8) is 0 Å². The first-order chi connectivity index (χ1) is 10.0. The molecule has 0 bridgehead atoms. The predicted molar refractivity (Wildman–Crippen MR) is 88.6 cm³/mol. The third kappa shape index (κ3) is 3.61. The van der Waals surface area contributed by atoms with Crippen molar-refractivity contribution in [1.82, 2.24) is 10.3 Å². The summed E-state index contributed by atoms with van der Waals surface area (Å²) in [5.74, 6) is -0.0351. The lowest BCUT2D eigenvalue weighted by Crippen LogP contribution is -2.31. The van der Waals surface area contributed by atoms with Crippen molar-refractivity contribution in [1.29, 1.82) is 0 Å². The van der Waals surface area contributed by atoms with Gasteiger partial charge in [-0.1, -0.05) is 36.5 Å². The van der Waals surface area contributed by atoms with Crippen LogP contribution in [0.25, 0.3) is 0 Å². The van der Waals surface area contributed by atoms with Crippen molar-refractivity contribution in [3.8, 4) is 0 Å². The van der Waals surface area contributed by atoms with Crippen molar-refractivity contribution in [2.45, 2.75) is 33.2 Å². The molecular weight excluding hydrogens is 282 g/mol. The minimum absolute atomic E-state index is 0.0351. The quantitative estimate of drug-likeness (QED) is 0.915. The molecule has 1 aromatic carbocycles. The Morgan fingerprint density at radius 1 is 1.38 bits per heavy atom. The molecule has 1 heterocycles. The Bertz CT molecular complexity index is 609. The fourth-order valence-electron chi connectivity index (χ4n) is 1.89. The van der Waals surface area contributed by atoms with Gasteiger partial charge in [0, 0.05) is 18.8 Å². The smallest absolute Gasteiger partial charge is 0.263 e. The van der Waals surface area contributed by atoms with Crippen LogP contribution >= 0.6 is 11.3 Å². The second-order valence-electron chi connectivity index (χ2n) is 5.09. The Kier molecular flexibility index (Phi) is 4.96. The average molecular weight is 303 g/mol. The SMILES string of the molecule is CC[C@@H](C)NC(=O)c1sc(N(C)c2ccccc2)nc1C. The van der Waals surface area contributed by atoms with E-state index in [0.717, 1.165) is 22.9 Å². The van der Waals surface area contributed by atoms with Crippen molar-refractivity contribution in [3.05, 3.63) is 40.9 Å². The van der Waals surface area contributed by atoms with E-state index in [9.17, 15) is 4.79 Å². The summed E-state index contributed by atoms with van der Waals surface area (Å²) in [6.07, 6.45) is 0.917. The summed E-state index contributed by atoms with van der Waals surface area (Å²) in [5.41, 5.74) is 1.83. The van der Waals surface area contributed by atoms with Gasteiger partial charge in [0.15, 0.2) is 5.13 Å². The molecule has 0 aliphatic carbocycles. The van der Waals surface area contributed by atoms with Crippen molar-refractivity contribution in [2.24, 2.45) is 0 Å². The molecule has 0 saturated carbocycles. The van der Waals surface area contributed by atoms with E-state index in [1.54, 1.807) is 0 Å². The highest BCUT2D eigenvalue weighted by atomic mass is 32.1. The molecule has 0 fully saturated rings. The number of nitrogens with one attached hydrogen (secondary N) is 1. The van der Waals surface area contributed by atoms with E-state index in [4.69, 9.17) is 0 Å². The van der Waals surface area contributed by atoms with Gasteiger partial charge in [0.2, 0.25) is 0 Å². The molecule has 0 spiro atoms. The highest BCUT2D eigenvalue weighted by Gasteiger charge is 2.18. The van der Waals surface area contributed by atoms with Crippen molar-refractivity contribution < 1.29 is 4.79 Å². The van der Waals surface area contributed by atoms with Crippen molar-refractivity contribution in [2.75, 3.05) is 11.9 Å². The topological polar surface area (TPSA) is 45.2 Å². The number of nitrogens with zero attached hydrogens (tertiary/aromatic N) is 2. The van der Waals surface area contributed by atoms with Gasteiger partial charge >= 0.3 is 0 Å². The summed E-state index contributed by atoms with van der Waals surface area (Å²) < 4.78 is 0. The number of carbonyl (C=O) groups is 1. The number of thiazole rings is 1. The van der Waals surface area contributed by atoms with Crippen LogP contribution in [0.5, 0.6) is 0 Å². The average Bonchev–Trinajstić information content (AvgIpc) is 2.89. The molecule has 0 aliphatic rings. The van der Waals surface area contributed by atoms with Gasteiger partial charge < -0.3 is 10.2 Å². The third-order valence-electron chi connectivity index (χ3n) is 3.41. The molecule has 5 heteroatoms. The van der Waals surface area contributed by atoms with Crippen LogP contribution in [0.15, 0.2) is 30.3 Å².